The third kappa shape index (κ3) is 15.6. The van der Waals surface area contributed by atoms with Crippen LogP contribution in [0.15, 0.2) is 0 Å². The van der Waals surface area contributed by atoms with Gasteiger partial charge in [0.15, 0.2) is 5.60 Å². The highest BCUT2D eigenvalue weighted by Crippen LogP contribution is 2.45. The third-order valence-corrected chi connectivity index (χ3v) is 6.04. The number of terminal acetylenes is 2. The van der Waals surface area contributed by atoms with E-state index in [9.17, 15) is 39.5 Å². The van der Waals surface area contributed by atoms with Crippen molar-refractivity contribution in [2.75, 3.05) is 39.6 Å². The van der Waals surface area contributed by atoms with Crippen LogP contribution < -0.4 is 0 Å². The van der Waals surface area contributed by atoms with Gasteiger partial charge in [0.25, 0.3) is 12.3 Å². The molecule has 0 radical (unpaired) electrons. The summed E-state index contributed by atoms with van der Waals surface area (Å²) >= 11 is 0. The number of alkyl halides is 9. The smallest absolute Gasteiger partial charge is 0.375 e. The minimum Gasteiger partial charge on any atom is -0.375 e. The first-order valence-corrected chi connectivity index (χ1v) is 13.8. The molecule has 0 bridgehead atoms. The van der Waals surface area contributed by atoms with E-state index in [2.05, 4.69) is 26.1 Å². The minimum absolute atomic E-state index is 0.0164. The summed E-state index contributed by atoms with van der Waals surface area (Å²) in [5.41, 5.74) is -8.34. The van der Waals surface area contributed by atoms with E-state index in [0.717, 1.165) is 13.8 Å². The van der Waals surface area contributed by atoms with Crippen molar-refractivity contribution in [3.8, 4) is 24.7 Å². The highest BCUT2D eigenvalue weighted by molar-refractivity contribution is 4.92. The van der Waals surface area contributed by atoms with Crippen molar-refractivity contribution in [3.05, 3.63) is 0 Å². The second-order valence-corrected chi connectivity index (χ2v) is 11.6. The lowest BCUT2D eigenvalue weighted by atomic mass is 9.99. The molecule has 0 saturated carbocycles. The van der Waals surface area contributed by atoms with E-state index in [-0.39, 0.29) is 59.7 Å². The molecule has 0 aromatic heterocycles. The lowest BCUT2D eigenvalue weighted by molar-refractivity contribution is -0.456. The fraction of sp³-hybridized carbons (Fsp3) is 0.862. The Labute approximate surface area is 258 Å². The van der Waals surface area contributed by atoms with Gasteiger partial charge in [-0.25, -0.2) is 13.2 Å². The first-order valence-electron chi connectivity index (χ1n) is 13.8. The van der Waals surface area contributed by atoms with Crippen molar-refractivity contribution < 1.29 is 72.7 Å². The minimum atomic E-state index is -5.42. The molecule has 0 N–H and O–H groups in total. The molecule has 2 atom stereocenters. The van der Waals surface area contributed by atoms with Crippen LogP contribution in [0.5, 0.6) is 0 Å². The van der Waals surface area contributed by atoms with Crippen molar-refractivity contribution >= 4 is 0 Å². The summed E-state index contributed by atoms with van der Waals surface area (Å²) in [4.78, 5) is 0. The molecule has 0 fully saturated rings. The van der Waals surface area contributed by atoms with Crippen LogP contribution in [0.25, 0.3) is 0 Å². The quantitative estimate of drug-likeness (QED) is 0.0623. The van der Waals surface area contributed by atoms with E-state index in [1.54, 1.807) is 6.92 Å². The molecule has 264 valence electrons. The van der Waals surface area contributed by atoms with E-state index in [1.807, 2.05) is 0 Å². The van der Waals surface area contributed by atoms with Gasteiger partial charge in [-0.3, -0.25) is 4.74 Å². The van der Waals surface area contributed by atoms with Gasteiger partial charge in [0.1, 0.15) is 25.4 Å². The fourth-order valence-corrected chi connectivity index (χ4v) is 3.31. The van der Waals surface area contributed by atoms with Crippen molar-refractivity contribution in [1.29, 1.82) is 0 Å². The highest BCUT2D eigenvalue weighted by Gasteiger charge is 2.63. The molecule has 0 saturated heterocycles. The third-order valence-electron chi connectivity index (χ3n) is 6.04. The van der Waals surface area contributed by atoms with E-state index in [1.165, 1.54) is 0 Å². The highest BCUT2D eigenvalue weighted by atomic mass is 19.3. The number of rotatable bonds is 24. The molecule has 0 aliphatic carbocycles. The zero-order chi connectivity index (χ0) is 35.4. The summed E-state index contributed by atoms with van der Waals surface area (Å²) < 4.78 is 163. The van der Waals surface area contributed by atoms with Gasteiger partial charge in [-0.05, 0) is 61.3 Å². The maximum atomic E-state index is 15.0. The second-order valence-electron chi connectivity index (χ2n) is 11.6. The Morgan fingerprint density at radius 3 is 1.87 bits per heavy atom. The Morgan fingerprint density at radius 2 is 1.31 bits per heavy atom. The summed E-state index contributed by atoms with van der Waals surface area (Å²) in [5, 5.41) is 0. The molecular weight excluding hydrogens is 631 g/mol. The fourth-order valence-electron chi connectivity index (χ4n) is 3.31. The summed E-state index contributed by atoms with van der Waals surface area (Å²) in [5.74, 6) is 0.314. The van der Waals surface area contributed by atoms with Gasteiger partial charge in [-0.2, -0.15) is 26.3 Å². The van der Waals surface area contributed by atoms with Crippen LogP contribution in [0.3, 0.4) is 0 Å². The van der Waals surface area contributed by atoms with Crippen LogP contribution >= 0.6 is 0 Å². The van der Waals surface area contributed by atoms with Crippen LogP contribution in [0, 0.1) is 24.7 Å². The topological polar surface area (TPSA) is 64.6 Å². The molecule has 0 aliphatic rings. The number of ether oxygens (including phenoxy) is 7. The van der Waals surface area contributed by atoms with Gasteiger partial charge in [-0.1, -0.05) is 11.8 Å². The Morgan fingerprint density at radius 1 is 0.733 bits per heavy atom. The van der Waals surface area contributed by atoms with Crippen LogP contribution in [0.1, 0.15) is 67.7 Å². The molecule has 0 heterocycles. The van der Waals surface area contributed by atoms with Crippen LogP contribution in [-0.2, 0) is 33.2 Å². The van der Waals surface area contributed by atoms with Crippen molar-refractivity contribution in [3.63, 3.8) is 0 Å². The Kier molecular flexibility index (Phi) is 16.7. The van der Waals surface area contributed by atoms with E-state index >= 15 is 0 Å². The SMILES string of the molecule is C#CCOCCCOC(C)(C)CC(F)(F)OC(F)C(F)(F)OC(C)(C)C(F)(F)OC(C)(C)C(F)(F)COCCC(C)OCC#C. The standard InChI is InChI=1S/C29H43F9O7/c1-10-14-39-16-12-17-42-23(4,5)19-27(33,34)43-22(30)28(35,36)44-25(8,9)29(37,38)45-24(6,7)26(31,32)20-40-18-13-21(3)41-15-11-2/h1-2,21-22H,12-20H2,3-9H3. The van der Waals surface area contributed by atoms with Gasteiger partial charge in [0.05, 0.1) is 24.7 Å². The number of hydrogen-bond donors (Lipinski definition) is 0. The van der Waals surface area contributed by atoms with E-state index in [4.69, 9.17) is 31.8 Å². The molecule has 0 spiro atoms. The van der Waals surface area contributed by atoms with Gasteiger partial charge in [0, 0.05) is 13.2 Å². The normalized spacial score (nSPS) is 15.4. The predicted octanol–water partition coefficient (Wildman–Crippen LogP) is 6.97. The van der Waals surface area contributed by atoms with Gasteiger partial charge in [-0.15, -0.1) is 12.8 Å². The summed E-state index contributed by atoms with van der Waals surface area (Å²) in [6.07, 6.45) is -10.7. The van der Waals surface area contributed by atoms with Gasteiger partial charge >= 0.3 is 18.3 Å². The maximum Gasteiger partial charge on any atom is 0.412 e. The molecule has 0 aromatic carbocycles. The van der Waals surface area contributed by atoms with Crippen molar-refractivity contribution in [2.45, 2.75) is 121 Å². The first-order chi connectivity index (χ1) is 20.3. The monoisotopic (exact) mass is 674 g/mol. The van der Waals surface area contributed by atoms with Crippen LogP contribution in [-0.4, -0.2) is 93.2 Å². The molecule has 45 heavy (non-hydrogen) atoms. The molecule has 2 unspecified atom stereocenters. The second kappa shape index (κ2) is 17.4. The van der Waals surface area contributed by atoms with E-state index in [0.29, 0.717) is 13.8 Å². The molecule has 16 heteroatoms. The van der Waals surface area contributed by atoms with Crippen molar-refractivity contribution in [2.24, 2.45) is 0 Å². The largest absolute Gasteiger partial charge is 0.412 e. The lowest BCUT2D eigenvalue weighted by Gasteiger charge is -2.42. The number of halogens is 9. The Hall–Kier alpha value is -1.79. The van der Waals surface area contributed by atoms with E-state index < -0.39 is 66.5 Å². The first kappa shape index (κ1) is 43.2. The van der Waals surface area contributed by atoms with Crippen LogP contribution in [0.2, 0.25) is 0 Å². The average molecular weight is 675 g/mol. The molecule has 0 rings (SSSR count). The Bertz CT molecular complexity index is 961. The van der Waals surface area contributed by atoms with Gasteiger partial charge in [0.2, 0.25) is 0 Å². The van der Waals surface area contributed by atoms with Crippen LogP contribution in [0.4, 0.5) is 39.5 Å². The number of hydrogen-bond acceptors (Lipinski definition) is 7. The molecule has 0 amide bonds. The zero-order valence-electron chi connectivity index (χ0n) is 26.4. The predicted molar refractivity (Wildman–Crippen MR) is 145 cm³/mol. The van der Waals surface area contributed by atoms with Gasteiger partial charge < -0.3 is 28.4 Å². The zero-order valence-corrected chi connectivity index (χ0v) is 26.4. The summed E-state index contributed by atoms with van der Waals surface area (Å²) in [6.45, 7) is 3.81. The molecule has 0 aromatic rings. The molecule has 0 aliphatic heterocycles. The molecule has 7 nitrogen and oxygen atoms in total. The average Bonchev–Trinajstić information content (AvgIpc) is 2.85. The summed E-state index contributed by atoms with van der Waals surface area (Å²) in [7, 11) is 0. The van der Waals surface area contributed by atoms with Crippen molar-refractivity contribution in [1.82, 2.24) is 0 Å². The summed E-state index contributed by atoms with van der Waals surface area (Å²) in [6, 6.07) is 0. The Balaban J connectivity index is 5.29. The maximum absolute atomic E-state index is 15.0. The lowest BCUT2D eigenvalue weighted by Crippen LogP contribution is -2.60. The molecular formula is C29H43F9O7.